The molecule has 0 amide bonds. The summed E-state index contributed by atoms with van der Waals surface area (Å²) < 4.78 is 23.9. The lowest BCUT2D eigenvalue weighted by Crippen LogP contribution is -2.59. The van der Waals surface area contributed by atoms with Crippen LogP contribution in [-0.4, -0.2) is 69.2 Å². The van der Waals surface area contributed by atoms with E-state index < -0.39 is 62.6 Å². The van der Waals surface area contributed by atoms with Crippen molar-refractivity contribution in [2.75, 3.05) is 6.61 Å². The molecule has 0 saturated carbocycles. The molecule has 0 spiro atoms. The maximum Gasteiger partial charge on any atom is 0.303 e. The topological polar surface area (TPSA) is 138 Å². The summed E-state index contributed by atoms with van der Waals surface area (Å²) >= 11 is 17.8. The summed E-state index contributed by atoms with van der Waals surface area (Å²) in [4.78, 5) is 46.3. The highest BCUT2D eigenvalue weighted by Gasteiger charge is 2.53. The van der Waals surface area contributed by atoms with Gasteiger partial charge in [-0.1, -0.05) is 34.8 Å². The van der Waals surface area contributed by atoms with Crippen molar-refractivity contribution in [2.24, 2.45) is 0 Å². The van der Waals surface area contributed by atoms with Gasteiger partial charge in [-0.3, -0.25) is 24.6 Å². The molecule has 0 aromatic rings. The normalized spacial score (nSPS) is 26.2. The van der Waals surface area contributed by atoms with E-state index in [0.717, 1.165) is 32.5 Å². The van der Waals surface area contributed by atoms with E-state index in [1.807, 2.05) is 0 Å². The van der Waals surface area contributed by atoms with Crippen LogP contribution in [0.2, 0.25) is 0 Å². The van der Waals surface area contributed by atoms with E-state index in [-0.39, 0.29) is 6.61 Å². The first-order valence-corrected chi connectivity index (χ1v) is 10.4. The van der Waals surface area contributed by atoms with Crippen LogP contribution < -0.4 is 0 Å². The number of carbonyl (C=O) groups excluding carboxylic acids is 4. The van der Waals surface area contributed by atoms with E-state index in [1.165, 1.54) is 6.92 Å². The number of carbonyl (C=O) groups is 4. The Morgan fingerprint density at radius 3 is 1.70 bits per heavy atom. The zero-order chi connectivity index (χ0) is 23.2. The fourth-order valence-corrected chi connectivity index (χ4v) is 3.97. The second kappa shape index (κ2) is 11.3. The molecule has 0 radical (unpaired) electrons. The van der Waals surface area contributed by atoms with Crippen molar-refractivity contribution < 1.29 is 42.9 Å². The van der Waals surface area contributed by atoms with Crippen molar-refractivity contribution in [1.29, 1.82) is 5.41 Å². The number of hydrogen-bond acceptors (Lipinski definition) is 11. The van der Waals surface area contributed by atoms with Crippen molar-refractivity contribution in [3.8, 4) is 0 Å². The van der Waals surface area contributed by atoms with E-state index in [4.69, 9.17) is 63.9 Å². The number of hydrogen-bond donors (Lipinski definition) is 1. The number of alkyl halides is 3. The Labute approximate surface area is 191 Å². The molecular formula is C16H20Cl3NO9S. The number of thioether (sulfide) groups is 1. The zero-order valence-corrected chi connectivity index (χ0v) is 19.4. The van der Waals surface area contributed by atoms with Gasteiger partial charge < -0.3 is 23.7 Å². The summed E-state index contributed by atoms with van der Waals surface area (Å²) in [7, 11) is 0. The van der Waals surface area contributed by atoms with Gasteiger partial charge in [0.05, 0.1) is 5.25 Å². The Bertz CT molecular complexity index is 700. The minimum atomic E-state index is -2.23. The van der Waals surface area contributed by atoms with Crippen molar-refractivity contribution in [3.05, 3.63) is 0 Å². The average molecular weight is 509 g/mol. The number of halogens is 3. The van der Waals surface area contributed by atoms with Crippen LogP contribution in [0.25, 0.3) is 0 Å². The molecule has 1 saturated heterocycles. The van der Waals surface area contributed by atoms with Gasteiger partial charge in [0, 0.05) is 27.7 Å². The first-order valence-electron chi connectivity index (χ1n) is 8.35. The van der Waals surface area contributed by atoms with Gasteiger partial charge in [0.1, 0.15) is 6.61 Å². The molecular weight excluding hydrogens is 489 g/mol. The van der Waals surface area contributed by atoms with E-state index in [1.54, 1.807) is 0 Å². The van der Waals surface area contributed by atoms with Crippen molar-refractivity contribution in [2.45, 2.75) is 60.5 Å². The quantitative estimate of drug-likeness (QED) is 0.187. The SMILES string of the molecule is CC(=O)OC[C@H]1S[C@@H](OC(=N)C(Cl)(Cl)Cl)[C@H](OC(C)=O)[C@@H](OC(C)=O)[C@@H]1OC(C)=O. The minimum absolute atomic E-state index is 0.274. The Morgan fingerprint density at radius 2 is 1.27 bits per heavy atom. The van der Waals surface area contributed by atoms with E-state index in [2.05, 4.69) is 0 Å². The molecule has 1 aliphatic heterocycles. The Morgan fingerprint density at radius 1 is 0.800 bits per heavy atom. The van der Waals surface area contributed by atoms with Gasteiger partial charge in [0.25, 0.3) is 3.79 Å². The van der Waals surface area contributed by atoms with Crippen molar-refractivity contribution in [3.63, 3.8) is 0 Å². The molecule has 1 heterocycles. The molecule has 0 unspecified atom stereocenters. The predicted octanol–water partition coefficient (Wildman–Crippen LogP) is 2.15. The van der Waals surface area contributed by atoms with Crippen LogP contribution in [0.3, 0.4) is 0 Å². The highest BCUT2D eigenvalue weighted by Crippen LogP contribution is 2.40. The molecule has 10 nitrogen and oxygen atoms in total. The number of nitrogens with one attached hydrogen (secondary N) is 1. The van der Waals surface area contributed by atoms with E-state index in [0.29, 0.717) is 0 Å². The van der Waals surface area contributed by atoms with Gasteiger partial charge in [0.2, 0.25) is 5.90 Å². The highest BCUT2D eigenvalue weighted by molar-refractivity contribution is 8.00. The van der Waals surface area contributed by atoms with Crippen LogP contribution in [-0.2, 0) is 42.9 Å². The third-order valence-electron chi connectivity index (χ3n) is 3.44. The second-order valence-corrected chi connectivity index (χ2v) is 9.64. The van der Waals surface area contributed by atoms with Gasteiger partial charge in [-0.25, -0.2) is 0 Å². The Kier molecular flexibility index (Phi) is 9.99. The fourth-order valence-electron chi connectivity index (χ4n) is 2.47. The number of ether oxygens (including phenoxy) is 5. The molecule has 0 bridgehead atoms. The van der Waals surface area contributed by atoms with Crippen LogP contribution in [0.15, 0.2) is 0 Å². The smallest absolute Gasteiger partial charge is 0.303 e. The van der Waals surface area contributed by atoms with Crippen LogP contribution in [0.4, 0.5) is 0 Å². The molecule has 1 aliphatic rings. The molecule has 5 atom stereocenters. The summed E-state index contributed by atoms with van der Waals surface area (Å²) in [6.45, 7) is 4.21. The highest BCUT2D eigenvalue weighted by atomic mass is 35.6. The maximum atomic E-state index is 11.7. The molecule has 0 aromatic heterocycles. The van der Waals surface area contributed by atoms with Gasteiger partial charge in [-0.15, -0.1) is 11.8 Å². The third kappa shape index (κ3) is 8.37. The number of rotatable bonds is 6. The third-order valence-corrected chi connectivity index (χ3v) is 5.34. The first kappa shape index (κ1) is 26.6. The van der Waals surface area contributed by atoms with Gasteiger partial charge >= 0.3 is 23.9 Å². The van der Waals surface area contributed by atoms with Crippen molar-refractivity contribution in [1.82, 2.24) is 0 Å². The van der Waals surface area contributed by atoms with Crippen LogP contribution in [0, 0.1) is 5.41 Å². The van der Waals surface area contributed by atoms with Gasteiger partial charge in [-0.05, 0) is 0 Å². The molecule has 1 N–H and O–H groups in total. The standard InChI is InChI=1S/C16H20Cl3NO9S/c1-6(21)25-5-10-11(26-7(2)22)12(27-8(3)23)13(28-9(4)24)14(30-10)29-15(20)16(17,18)19/h10-14,20H,5H2,1-4H3/t10-,11-,12+,13-,14-/m1/s1. The minimum Gasteiger partial charge on any atom is -0.465 e. The average Bonchev–Trinajstić information content (AvgIpc) is 2.56. The molecule has 0 aromatic carbocycles. The molecule has 1 fully saturated rings. The summed E-state index contributed by atoms with van der Waals surface area (Å²) in [6, 6.07) is 0. The van der Waals surface area contributed by atoms with E-state index >= 15 is 0 Å². The van der Waals surface area contributed by atoms with Crippen LogP contribution in [0.5, 0.6) is 0 Å². The lowest BCUT2D eigenvalue weighted by molar-refractivity contribution is -0.190. The zero-order valence-electron chi connectivity index (χ0n) is 16.3. The molecule has 1 rings (SSSR count). The predicted molar refractivity (Wildman–Crippen MR) is 108 cm³/mol. The van der Waals surface area contributed by atoms with Crippen molar-refractivity contribution >= 4 is 76.3 Å². The second-order valence-electron chi connectivity index (χ2n) is 6.01. The van der Waals surface area contributed by atoms with Gasteiger partial charge in [-0.2, -0.15) is 0 Å². The van der Waals surface area contributed by atoms with Crippen LogP contribution >= 0.6 is 46.6 Å². The van der Waals surface area contributed by atoms with E-state index in [9.17, 15) is 19.2 Å². The van der Waals surface area contributed by atoms with Gasteiger partial charge in [0.15, 0.2) is 23.7 Å². The lowest BCUT2D eigenvalue weighted by atomic mass is 10.0. The first-order chi connectivity index (χ1) is 13.7. The summed E-state index contributed by atoms with van der Waals surface area (Å²) in [6.07, 6.45) is -3.88. The summed E-state index contributed by atoms with van der Waals surface area (Å²) in [5.74, 6) is -3.68. The fraction of sp³-hybridized carbons (Fsp3) is 0.688. The Hall–Kier alpha value is -1.43. The van der Waals surface area contributed by atoms with Crippen LogP contribution in [0.1, 0.15) is 27.7 Å². The molecule has 0 aliphatic carbocycles. The molecule has 14 heteroatoms. The molecule has 170 valence electrons. The largest absolute Gasteiger partial charge is 0.465 e. The monoisotopic (exact) mass is 507 g/mol. The maximum absolute atomic E-state index is 11.7. The summed E-state index contributed by atoms with van der Waals surface area (Å²) in [5.41, 5.74) is -1.23. The molecule has 30 heavy (non-hydrogen) atoms. The number of esters is 4. The summed E-state index contributed by atoms with van der Waals surface area (Å²) in [5, 5.41) is 6.97. The Balaban J connectivity index is 3.37. The lowest BCUT2D eigenvalue weighted by Gasteiger charge is -2.43.